The summed E-state index contributed by atoms with van der Waals surface area (Å²) in [4.78, 5) is 18.4. The van der Waals surface area contributed by atoms with Crippen molar-refractivity contribution < 1.29 is 13.9 Å². The molecule has 5 heteroatoms. The summed E-state index contributed by atoms with van der Waals surface area (Å²) < 4.78 is 11.3. The lowest BCUT2D eigenvalue weighted by molar-refractivity contribution is 0.0593. The number of pyridine rings is 1. The van der Waals surface area contributed by atoms with Crippen molar-refractivity contribution in [3.05, 3.63) is 47.7 Å². The molecule has 1 saturated heterocycles. The highest BCUT2D eigenvalue weighted by molar-refractivity contribution is 5.95. The van der Waals surface area contributed by atoms with Gasteiger partial charge >= 0.3 is 0 Å². The van der Waals surface area contributed by atoms with E-state index in [2.05, 4.69) is 4.98 Å². The zero-order valence-corrected chi connectivity index (χ0v) is 12.9. The molecule has 0 atom stereocenters. The molecule has 22 heavy (non-hydrogen) atoms. The van der Waals surface area contributed by atoms with Crippen molar-refractivity contribution in [1.29, 1.82) is 0 Å². The summed E-state index contributed by atoms with van der Waals surface area (Å²) in [5.41, 5.74) is 0.670. The first-order valence-electron chi connectivity index (χ1n) is 7.56. The van der Waals surface area contributed by atoms with Crippen molar-refractivity contribution in [2.24, 2.45) is 0 Å². The van der Waals surface area contributed by atoms with E-state index in [9.17, 15) is 4.79 Å². The van der Waals surface area contributed by atoms with Gasteiger partial charge in [-0.15, -0.1) is 0 Å². The predicted molar refractivity (Wildman–Crippen MR) is 82.0 cm³/mol. The second kappa shape index (κ2) is 6.22. The van der Waals surface area contributed by atoms with Crippen LogP contribution in [-0.4, -0.2) is 35.0 Å². The van der Waals surface area contributed by atoms with E-state index in [0.29, 0.717) is 24.4 Å². The van der Waals surface area contributed by atoms with E-state index in [1.165, 1.54) is 0 Å². The van der Waals surface area contributed by atoms with Crippen molar-refractivity contribution in [3.63, 3.8) is 0 Å². The Morgan fingerprint density at radius 2 is 2.14 bits per heavy atom. The van der Waals surface area contributed by atoms with Crippen molar-refractivity contribution in [3.8, 4) is 5.75 Å². The summed E-state index contributed by atoms with van der Waals surface area (Å²) in [5, 5.41) is 0. The van der Waals surface area contributed by atoms with Gasteiger partial charge in [0.15, 0.2) is 0 Å². The zero-order valence-electron chi connectivity index (χ0n) is 12.9. The van der Waals surface area contributed by atoms with Crippen molar-refractivity contribution in [2.75, 3.05) is 13.1 Å². The Labute approximate surface area is 129 Å². The Balaban J connectivity index is 1.57. The Hall–Kier alpha value is -2.30. The monoisotopic (exact) mass is 300 g/mol. The molecule has 0 aliphatic carbocycles. The van der Waals surface area contributed by atoms with Crippen LogP contribution in [0.1, 0.15) is 34.7 Å². The molecule has 116 valence electrons. The lowest BCUT2D eigenvalue weighted by Crippen LogP contribution is -2.41. The lowest BCUT2D eigenvalue weighted by atomic mass is 10.1. The zero-order chi connectivity index (χ0) is 15.5. The summed E-state index contributed by atoms with van der Waals surface area (Å²) in [5.74, 6) is 2.30. The molecule has 1 aliphatic heterocycles. The van der Waals surface area contributed by atoms with Gasteiger partial charge in [0.25, 0.3) is 5.91 Å². The molecule has 0 N–H and O–H groups in total. The fraction of sp³-hybridized carbons (Fsp3) is 0.412. The average Bonchev–Trinajstić information content (AvgIpc) is 2.87. The van der Waals surface area contributed by atoms with Crippen molar-refractivity contribution >= 4 is 5.91 Å². The van der Waals surface area contributed by atoms with Crippen LogP contribution in [0.15, 0.2) is 35.0 Å². The van der Waals surface area contributed by atoms with E-state index in [-0.39, 0.29) is 12.0 Å². The maximum absolute atomic E-state index is 12.5. The molecule has 3 heterocycles. The minimum atomic E-state index is 0.0502. The fourth-order valence-electron chi connectivity index (χ4n) is 2.80. The third kappa shape index (κ3) is 3.13. The van der Waals surface area contributed by atoms with Gasteiger partial charge in [-0.05, 0) is 32.0 Å². The van der Waals surface area contributed by atoms with E-state index in [1.807, 2.05) is 36.9 Å². The minimum Gasteiger partial charge on any atom is -0.489 e. The van der Waals surface area contributed by atoms with Crippen molar-refractivity contribution in [1.82, 2.24) is 9.88 Å². The van der Waals surface area contributed by atoms with E-state index >= 15 is 0 Å². The molecule has 0 aromatic carbocycles. The molecule has 0 bridgehead atoms. The Bertz CT molecular complexity index is 643. The number of hydrogen-bond acceptors (Lipinski definition) is 4. The second-order valence-electron chi connectivity index (χ2n) is 5.63. The predicted octanol–water partition coefficient (Wildman–Crippen LogP) is 2.98. The maximum atomic E-state index is 12.5. The Morgan fingerprint density at radius 3 is 2.73 bits per heavy atom. The standard InChI is InChI=1S/C17H20N2O3/c1-12-10-16(13(2)21-12)17(20)19-8-5-14(6-9-19)22-15-4-3-7-18-11-15/h3-4,7,10-11,14H,5-6,8-9H2,1-2H3. The summed E-state index contributed by atoms with van der Waals surface area (Å²) in [7, 11) is 0. The van der Waals surface area contributed by atoms with Crippen LogP contribution in [0.25, 0.3) is 0 Å². The summed E-state index contributed by atoms with van der Waals surface area (Å²) in [6.45, 7) is 5.09. The minimum absolute atomic E-state index is 0.0502. The van der Waals surface area contributed by atoms with Gasteiger partial charge < -0.3 is 14.1 Å². The first-order valence-corrected chi connectivity index (χ1v) is 7.56. The van der Waals surface area contributed by atoms with Gasteiger partial charge in [0.2, 0.25) is 0 Å². The molecule has 1 fully saturated rings. The third-order valence-corrected chi connectivity index (χ3v) is 3.94. The number of carbonyl (C=O) groups is 1. The molecule has 3 rings (SSSR count). The number of likely N-dealkylation sites (tertiary alicyclic amines) is 1. The van der Waals surface area contributed by atoms with Crippen LogP contribution in [0.5, 0.6) is 5.75 Å². The van der Waals surface area contributed by atoms with Gasteiger partial charge in [-0.2, -0.15) is 0 Å². The number of aromatic nitrogens is 1. The Kier molecular flexibility index (Phi) is 4.13. The number of hydrogen-bond donors (Lipinski definition) is 0. The quantitative estimate of drug-likeness (QED) is 0.874. The van der Waals surface area contributed by atoms with Crippen LogP contribution in [0.3, 0.4) is 0 Å². The maximum Gasteiger partial charge on any atom is 0.257 e. The summed E-state index contributed by atoms with van der Waals surface area (Å²) >= 11 is 0. The Morgan fingerprint density at radius 1 is 1.36 bits per heavy atom. The number of furan rings is 1. The van der Waals surface area contributed by atoms with E-state index in [1.54, 1.807) is 12.4 Å². The molecule has 0 unspecified atom stereocenters. The highest BCUT2D eigenvalue weighted by Crippen LogP contribution is 2.21. The molecular weight excluding hydrogens is 280 g/mol. The van der Waals surface area contributed by atoms with Gasteiger partial charge in [-0.25, -0.2) is 0 Å². The largest absolute Gasteiger partial charge is 0.489 e. The average molecular weight is 300 g/mol. The number of nitrogens with zero attached hydrogens (tertiary/aromatic N) is 2. The normalized spacial score (nSPS) is 15.8. The number of piperidine rings is 1. The molecule has 1 aliphatic rings. The van der Waals surface area contributed by atoms with Gasteiger partial charge in [0.1, 0.15) is 23.4 Å². The topological polar surface area (TPSA) is 55.6 Å². The van der Waals surface area contributed by atoms with Crippen LogP contribution < -0.4 is 4.74 Å². The summed E-state index contributed by atoms with van der Waals surface area (Å²) in [6, 6.07) is 5.58. The smallest absolute Gasteiger partial charge is 0.257 e. The molecule has 2 aromatic heterocycles. The van der Waals surface area contributed by atoms with E-state index in [4.69, 9.17) is 9.15 Å². The van der Waals surface area contributed by atoms with Gasteiger partial charge in [0, 0.05) is 32.1 Å². The molecular formula is C17H20N2O3. The van der Waals surface area contributed by atoms with Crippen molar-refractivity contribution in [2.45, 2.75) is 32.8 Å². The fourth-order valence-corrected chi connectivity index (χ4v) is 2.80. The molecule has 0 saturated carbocycles. The number of ether oxygens (including phenoxy) is 1. The van der Waals surface area contributed by atoms with Crippen LogP contribution in [0, 0.1) is 13.8 Å². The number of amides is 1. The van der Waals surface area contributed by atoms with Crippen LogP contribution in [-0.2, 0) is 0 Å². The number of aryl methyl sites for hydroxylation is 2. The molecule has 5 nitrogen and oxygen atoms in total. The van der Waals surface area contributed by atoms with Gasteiger partial charge in [-0.1, -0.05) is 0 Å². The van der Waals surface area contributed by atoms with E-state index < -0.39 is 0 Å². The molecule has 1 amide bonds. The van der Waals surface area contributed by atoms with Gasteiger partial charge in [0.05, 0.1) is 11.8 Å². The van der Waals surface area contributed by atoms with Crippen LogP contribution in [0.2, 0.25) is 0 Å². The SMILES string of the molecule is Cc1cc(C(=O)N2CCC(Oc3cccnc3)CC2)c(C)o1. The van der Waals surface area contributed by atoms with Crippen LogP contribution >= 0.6 is 0 Å². The highest BCUT2D eigenvalue weighted by atomic mass is 16.5. The summed E-state index contributed by atoms with van der Waals surface area (Å²) in [6.07, 6.45) is 5.24. The molecule has 0 spiro atoms. The highest BCUT2D eigenvalue weighted by Gasteiger charge is 2.26. The lowest BCUT2D eigenvalue weighted by Gasteiger charge is -2.32. The first kappa shape index (κ1) is 14.6. The first-order chi connectivity index (χ1) is 10.6. The molecule has 0 radical (unpaired) electrons. The van der Waals surface area contributed by atoms with Gasteiger partial charge in [-0.3, -0.25) is 9.78 Å². The molecule has 2 aromatic rings. The number of rotatable bonds is 3. The van der Waals surface area contributed by atoms with E-state index in [0.717, 1.165) is 24.4 Å². The van der Waals surface area contributed by atoms with Crippen LogP contribution in [0.4, 0.5) is 0 Å². The number of carbonyl (C=O) groups excluding carboxylic acids is 1. The second-order valence-corrected chi connectivity index (χ2v) is 5.63. The third-order valence-electron chi connectivity index (χ3n) is 3.94.